The van der Waals surface area contributed by atoms with Crippen LogP contribution < -0.4 is 0 Å². The average molecular weight is 264 g/mol. The second-order valence-corrected chi connectivity index (χ2v) is 4.99. The van der Waals surface area contributed by atoms with Crippen LogP contribution in [0.15, 0.2) is 18.3 Å². The Balaban J connectivity index is 2.10. The highest BCUT2D eigenvalue weighted by Gasteiger charge is 2.30. The lowest BCUT2D eigenvalue weighted by Gasteiger charge is -2.17. The van der Waals surface area contributed by atoms with Gasteiger partial charge in [-0.1, -0.05) is 0 Å². The fourth-order valence-electron chi connectivity index (χ4n) is 2.77. The van der Waals surface area contributed by atoms with Gasteiger partial charge >= 0.3 is 0 Å². The molecule has 2 aromatic rings. The van der Waals surface area contributed by atoms with Crippen molar-refractivity contribution in [2.75, 3.05) is 13.6 Å². The zero-order valence-electron chi connectivity index (χ0n) is 10.5. The summed E-state index contributed by atoms with van der Waals surface area (Å²) < 4.78 is 27.2. The van der Waals surface area contributed by atoms with Gasteiger partial charge < -0.3 is 4.98 Å². The van der Waals surface area contributed by atoms with Crippen molar-refractivity contribution in [1.82, 2.24) is 9.88 Å². The summed E-state index contributed by atoms with van der Waals surface area (Å²) in [4.78, 5) is 17.2. The van der Waals surface area contributed by atoms with E-state index in [2.05, 4.69) is 4.98 Å². The van der Waals surface area contributed by atoms with Gasteiger partial charge in [0.25, 0.3) is 0 Å². The Morgan fingerprint density at radius 1 is 1.42 bits per heavy atom. The van der Waals surface area contributed by atoms with E-state index in [-0.39, 0.29) is 22.8 Å². The summed E-state index contributed by atoms with van der Waals surface area (Å²) in [6, 6.07) is 2.27. The summed E-state index contributed by atoms with van der Waals surface area (Å²) in [6.07, 6.45) is 3.19. The molecule has 1 aliphatic heterocycles. The van der Waals surface area contributed by atoms with Crippen molar-refractivity contribution >= 4 is 16.7 Å². The SMILES string of the molecule is CN1CCCC1C(=O)c1c[nH]c2ccc(F)c(F)c12. The monoisotopic (exact) mass is 264 g/mol. The maximum atomic E-state index is 13.9. The number of carbonyl (C=O) groups is 1. The number of H-pyrrole nitrogens is 1. The van der Waals surface area contributed by atoms with Gasteiger partial charge in [-0.15, -0.1) is 0 Å². The Labute approximate surface area is 109 Å². The minimum absolute atomic E-state index is 0.0605. The Morgan fingerprint density at radius 3 is 2.89 bits per heavy atom. The number of carbonyl (C=O) groups excluding carboxylic acids is 1. The zero-order valence-corrected chi connectivity index (χ0v) is 10.5. The zero-order chi connectivity index (χ0) is 13.6. The number of rotatable bonds is 2. The molecule has 0 bridgehead atoms. The molecule has 0 saturated carbocycles. The van der Waals surface area contributed by atoms with E-state index in [9.17, 15) is 13.6 Å². The number of aromatic amines is 1. The number of hydrogen-bond acceptors (Lipinski definition) is 2. The Hall–Kier alpha value is -1.75. The molecule has 1 fully saturated rings. The summed E-state index contributed by atoms with van der Waals surface area (Å²) in [7, 11) is 1.88. The van der Waals surface area contributed by atoms with Gasteiger partial charge in [0.2, 0.25) is 0 Å². The van der Waals surface area contributed by atoms with Crippen molar-refractivity contribution in [3.63, 3.8) is 0 Å². The lowest BCUT2D eigenvalue weighted by atomic mass is 10.0. The molecule has 19 heavy (non-hydrogen) atoms. The molecule has 5 heteroatoms. The maximum absolute atomic E-state index is 13.9. The maximum Gasteiger partial charge on any atom is 0.182 e. The molecule has 0 spiro atoms. The quantitative estimate of drug-likeness (QED) is 0.847. The molecule has 0 radical (unpaired) electrons. The predicted molar refractivity (Wildman–Crippen MR) is 68.2 cm³/mol. The smallest absolute Gasteiger partial charge is 0.182 e. The fraction of sp³-hybridized carbons (Fsp3) is 0.357. The van der Waals surface area contributed by atoms with Gasteiger partial charge in [0.05, 0.1) is 6.04 Å². The van der Waals surface area contributed by atoms with Crippen LogP contribution >= 0.6 is 0 Å². The highest BCUT2D eigenvalue weighted by Crippen LogP contribution is 2.27. The summed E-state index contributed by atoms with van der Waals surface area (Å²) >= 11 is 0. The summed E-state index contributed by atoms with van der Waals surface area (Å²) in [5.41, 5.74) is 0.689. The molecular formula is C14H14F2N2O. The van der Waals surface area contributed by atoms with Crippen LogP contribution in [0.1, 0.15) is 23.2 Å². The number of hydrogen-bond donors (Lipinski definition) is 1. The second kappa shape index (κ2) is 4.42. The van der Waals surface area contributed by atoms with Crippen LogP contribution in [0, 0.1) is 11.6 Å². The fourth-order valence-corrected chi connectivity index (χ4v) is 2.77. The first-order chi connectivity index (χ1) is 9.09. The van der Waals surface area contributed by atoms with E-state index in [1.165, 1.54) is 12.3 Å². The van der Waals surface area contributed by atoms with Gasteiger partial charge in [-0.3, -0.25) is 9.69 Å². The number of nitrogens with one attached hydrogen (secondary N) is 1. The lowest BCUT2D eigenvalue weighted by Crippen LogP contribution is -2.32. The summed E-state index contributed by atoms with van der Waals surface area (Å²) in [6.45, 7) is 0.857. The lowest BCUT2D eigenvalue weighted by molar-refractivity contribution is 0.0892. The van der Waals surface area contributed by atoms with Crippen LogP contribution in [0.2, 0.25) is 0 Å². The highest BCUT2D eigenvalue weighted by atomic mass is 19.2. The van der Waals surface area contributed by atoms with Crippen LogP contribution in [-0.4, -0.2) is 35.3 Å². The van der Waals surface area contributed by atoms with Gasteiger partial charge in [0.15, 0.2) is 17.4 Å². The summed E-state index contributed by atoms with van der Waals surface area (Å²) in [5.74, 6) is -2.03. The van der Waals surface area contributed by atoms with Gasteiger partial charge in [-0.25, -0.2) is 8.78 Å². The van der Waals surface area contributed by atoms with Crippen molar-refractivity contribution in [1.29, 1.82) is 0 Å². The van der Waals surface area contributed by atoms with Crippen molar-refractivity contribution in [3.8, 4) is 0 Å². The van der Waals surface area contributed by atoms with Gasteiger partial charge in [0, 0.05) is 22.7 Å². The topological polar surface area (TPSA) is 36.1 Å². The Morgan fingerprint density at radius 2 is 2.21 bits per heavy atom. The number of benzene rings is 1. The third-order valence-corrected chi connectivity index (χ3v) is 3.82. The minimum Gasteiger partial charge on any atom is -0.360 e. The normalized spacial score (nSPS) is 20.3. The van der Waals surface area contributed by atoms with E-state index in [0.717, 1.165) is 25.5 Å². The van der Waals surface area contributed by atoms with Gasteiger partial charge in [0.1, 0.15) is 0 Å². The molecule has 1 N–H and O–H groups in total. The number of aromatic nitrogens is 1. The predicted octanol–water partition coefficient (Wildman–Crippen LogP) is 2.72. The van der Waals surface area contributed by atoms with E-state index >= 15 is 0 Å². The van der Waals surface area contributed by atoms with Crippen molar-refractivity contribution < 1.29 is 13.6 Å². The number of ketones is 1. The average Bonchev–Trinajstić information content (AvgIpc) is 2.99. The van der Waals surface area contributed by atoms with E-state index in [1.54, 1.807) is 0 Å². The molecule has 1 aliphatic rings. The number of Topliss-reactive ketones (excluding diaryl/α,β-unsaturated/α-hetero) is 1. The third-order valence-electron chi connectivity index (χ3n) is 3.82. The van der Waals surface area contributed by atoms with E-state index in [1.807, 2.05) is 11.9 Å². The Kier molecular flexibility index (Phi) is 2.86. The second-order valence-electron chi connectivity index (χ2n) is 4.99. The van der Waals surface area contributed by atoms with Gasteiger partial charge in [-0.05, 0) is 38.6 Å². The molecule has 1 aromatic heterocycles. The van der Waals surface area contributed by atoms with Crippen molar-refractivity contribution in [3.05, 3.63) is 35.5 Å². The Bertz CT molecular complexity index is 650. The molecular weight excluding hydrogens is 250 g/mol. The molecule has 1 saturated heterocycles. The first kappa shape index (κ1) is 12.3. The molecule has 1 aromatic carbocycles. The van der Waals surface area contributed by atoms with Crippen LogP contribution in [0.5, 0.6) is 0 Å². The molecule has 2 heterocycles. The molecule has 3 nitrogen and oxygen atoms in total. The van der Waals surface area contributed by atoms with E-state index in [0.29, 0.717) is 5.52 Å². The highest BCUT2D eigenvalue weighted by molar-refractivity contribution is 6.10. The number of halogens is 2. The van der Waals surface area contributed by atoms with Crippen LogP contribution in [0.25, 0.3) is 10.9 Å². The number of likely N-dealkylation sites (N-methyl/N-ethyl adjacent to an activating group) is 1. The number of fused-ring (bicyclic) bond motifs is 1. The largest absolute Gasteiger partial charge is 0.360 e. The van der Waals surface area contributed by atoms with E-state index in [4.69, 9.17) is 0 Å². The van der Waals surface area contributed by atoms with E-state index < -0.39 is 11.6 Å². The number of likely N-dealkylation sites (tertiary alicyclic amines) is 1. The third kappa shape index (κ3) is 1.85. The minimum atomic E-state index is -0.956. The molecule has 1 unspecified atom stereocenters. The molecule has 1 atom stereocenters. The standard InChI is InChI=1S/C14H14F2N2O/c1-18-6-2-3-11(18)14(19)8-7-17-10-5-4-9(15)13(16)12(8)10/h4-5,7,11,17H,2-3,6H2,1H3. The number of nitrogens with zero attached hydrogens (tertiary/aromatic N) is 1. The molecule has 0 aliphatic carbocycles. The van der Waals surface area contributed by atoms with Crippen LogP contribution in [0.3, 0.4) is 0 Å². The summed E-state index contributed by atoms with van der Waals surface area (Å²) in [5, 5.41) is 0.0605. The molecule has 0 amide bonds. The van der Waals surface area contributed by atoms with Crippen LogP contribution in [0.4, 0.5) is 8.78 Å². The molecule has 3 rings (SSSR count). The van der Waals surface area contributed by atoms with Gasteiger partial charge in [-0.2, -0.15) is 0 Å². The first-order valence-corrected chi connectivity index (χ1v) is 6.29. The first-order valence-electron chi connectivity index (χ1n) is 6.29. The molecule has 100 valence electrons. The van der Waals surface area contributed by atoms with Crippen molar-refractivity contribution in [2.45, 2.75) is 18.9 Å². The van der Waals surface area contributed by atoms with Crippen LogP contribution in [-0.2, 0) is 0 Å². The van der Waals surface area contributed by atoms with Crippen molar-refractivity contribution in [2.24, 2.45) is 0 Å².